The molecular formula is C13H16O2. The lowest BCUT2D eigenvalue weighted by molar-refractivity contribution is -0.137. The fraction of sp³-hybridized carbons (Fsp3) is 0.769. The summed E-state index contributed by atoms with van der Waals surface area (Å²) in [6.07, 6.45) is 8.75. The summed E-state index contributed by atoms with van der Waals surface area (Å²) in [4.78, 5) is 11.5. The van der Waals surface area contributed by atoms with Gasteiger partial charge in [0.15, 0.2) is 5.78 Å². The number of rotatable bonds is 0. The summed E-state index contributed by atoms with van der Waals surface area (Å²) in [7, 11) is 0. The molecule has 2 nitrogen and oxygen atoms in total. The van der Waals surface area contributed by atoms with Gasteiger partial charge in [0.1, 0.15) is 0 Å². The van der Waals surface area contributed by atoms with Gasteiger partial charge in [0.05, 0.1) is 11.7 Å². The molecule has 5 aliphatic rings. The van der Waals surface area contributed by atoms with E-state index in [2.05, 4.69) is 13.0 Å². The Morgan fingerprint density at radius 2 is 2.40 bits per heavy atom. The molecule has 0 aromatic carbocycles. The van der Waals surface area contributed by atoms with Crippen LogP contribution >= 0.6 is 0 Å². The number of hydrogen-bond acceptors (Lipinski definition) is 2. The van der Waals surface area contributed by atoms with Crippen LogP contribution in [-0.4, -0.2) is 17.5 Å². The van der Waals surface area contributed by atoms with E-state index in [0.29, 0.717) is 23.2 Å². The Kier molecular flexibility index (Phi) is 1.26. The Hall–Kier alpha value is -0.630. The van der Waals surface area contributed by atoms with E-state index >= 15 is 0 Å². The van der Waals surface area contributed by atoms with Crippen molar-refractivity contribution in [1.29, 1.82) is 0 Å². The zero-order valence-electron chi connectivity index (χ0n) is 9.03. The topological polar surface area (TPSA) is 26.3 Å². The van der Waals surface area contributed by atoms with Gasteiger partial charge in [0, 0.05) is 12.3 Å². The van der Waals surface area contributed by atoms with Crippen LogP contribution in [0.4, 0.5) is 0 Å². The molecular weight excluding hydrogens is 188 g/mol. The first-order valence-electron chi connectivity index (χ1n) is 6.01. The zero-order valence-corrected chi connectivity index (χ0v) is 9.03. The summed E-state index contributed by atoms with van der Waals surface area (Å²) < 4.78 is 6.17. The largest absolute Gasteiger partial charge is 0.371 e. The van der Waals surface area contributed by atoms with Crippen LogP contribution in [-0.2, 0) is 9.53 Å². The maximum absolute atomic E-state index is 11.5. The molecule has 0 aromatic heterocycles. The van der Waals surface area contributed by atoms with Crippen molar-refractivity contribution in [3.63, 3.8) is 0 Å². The molecule has 0 aromatic rings. The SMILES string of the molecule is C[C@]12CC34C=CC(=O)CC3C(CC1C4)O2. The molecule has 80 valence electrons. The van der Waals surface area contributed by atoms with E-state index in [9.17, 15) is 4.79 Å². The van der Waals surface area contributed by atoms with Crippen molar-refractivity contribution in [3.8, 4) is 0 Å². The molecule has 0 N–H and O–H groups in total. The minimum absolute atomic E-state index is 0.131. The standard InChI is InChI=1S/C13H16O2/c1-12-7-13-3-2-9(14)5-10(13)11(15-12)4-8(12)6-13/h2-3,8,10-11H,4-7H2,1H3/t8?,10?,11?,12-,13?/m0/s1. The lowest BCUT2D eigenvalue weighted by Crippen LogP contribution is -2.46. The Labute approximate surface area is 89.7 Å². The summed E-state index contributed by atoms with van der Waals surface area (Å²) >= 11 is 0. The van der Waals surface area contributed by atoms with Crippen molar-refractivity contribution in [2.45, 2.75) is 44.3 Å². The van der Waals surface area contributed by atoms with Gasteiger partial charge in [0.2, 0.25) is 0 Å². The molecule has 1 spiro atoms. The zero-order chi connectivity index (χ0) is 10.3. The van der Waals surface area contributed by atoms with Crippen molar-refractivity contribution >= 4 is 5.78 Å². The molecule has 4 unspecified atom stereocenters. The van der Waals surface area contributed by atoms with Crippen LogP contribution in [0.15, 0.2) is 12.2 Å². The molecule has 0 amide bonds. The number of carbonyl (C=O) groups excluding carboxylic acids is 1. The van der Waals surface area contributed by atoms with E-state index in [4.69, 9.17) is 4.74 Å². The lowest BCUT2D eigenvalue weighted by atomic mass is 9.62. The van der Waals surface area contributed by atoms with Gasteiger partial charge in [-0.1, -0.05) is 6.08 Å². The first kappa shape index (κ1) is 8.51. The highest BCUT2D eigenvalue weighted by atomic mass is 16.5. The Bertz CT molecular complexity index is 386. The van der Waals surface area contributed by atoms with Crippen molar-refractivity contribution in [1.82, 2.24) is 0 Å². The Balaban J connectivity index is 1.86. The summed E-state index contributed by atoms with van der Waals surface area (Å²) in [5.41, 5.74) is 0.459. The fourth-order valence-electron chi connectivity index (χ4n) is 4.72. The van der Waals surface area contributed by atoms with Gasteiger partial charge >= 0.3 is 0 Å². The van der Waals surface area contributed by atoms with Crippen LogP contribution in [0.1, 0.15) is 32.6 Å². The second kappa shape index (κ2) is 2.22. The smallest absolute Gasteiger partial charge is 0.155 e. The first-order valence-corrected chi connectivity index (χ1v) is 6.01. The van der Waals surface area contributed by atoms with E-state index in [1.165, 1.54) is 12.8 Å². The van der Waals surface area contributed by atoms with Gasteiger partial charge in [0.25, 0.3) is 0 Å². The molecule has 15 heavy (non-hydrogen) atoms. The number of ketones is 1. The molecule has 3 aliphatic carbocycles. The minimum atomic E-state index is 0.131. The molecule has 4 bridgehead atoms. The number of carbonyl (C=O) groups is 1. The summed E-state index contributed by atoms with van der Waals surface area (Å²) in [6.45, 7) is 2.27. The third kappa shape index (κ3) is 0.840. The summed E-state index contributed by atoms with van der Waals surface area (Å²) in [5.74, 6) is 1.53. The van der Waals surface area contributed by atoms with E-state index in [1.807, 2.05) is 6.08 Å². The highest BCUT2D eigenvalue weighted by Gasteiger charge is 2.67. The predicted molar refractivity (Wildman–Crippen MR) is 55.3 cm³/mol. The normalized spacial score (nSPS) is 60.1. The van der Waals surface area contributed by atoms with Gasteiger partial charge < -0.3 is 4.74 Å². The number of ether oxygens (including phenoxy) is 1. The molecule has 2 aliphatic heterocycles. The Morgan fingerprint density at radius 1 is 1.53 bits per heavy atom. The second-order valence-electron chi connectivity index (χ2n) is 6.13. The molecule has 2 saturated carbocycles. The molecule has 2 saturated heterocycles. The Morgan fingerprint density at radius 3 is 3.20 bits per heavy atom. The predicted octanol–water partition coefficient (Wildman–Crippen LogP) is 2.09. The van der Waals surface area contributed by atoms with Crippen LogP contribution in [0.3, 0.4) is 0 Å². The lowest BCUT2D eigenvalue weighted by Gasteiger charge is -2.47. The second-order valence-corrected chi connectivity index (χ2v) is 6.13. The van der Waals surface area contributed by atoms with E-state index < -0.39 is 0 Å². The van der Waals surface area contributed by atoms with E-state index in [0.717, 1.165) is 18.8 Å². The third-order valence-electron chi connectivity index (χ3n) is 5.32. The van der Waals surface area contributed by atoms with E-state index in [-0.39, 0.29) is 5.60 Å². The average Bonchev–Trinajstić information content (AvgIpc) is 2.54. The molecule has 2 heteroatoms. The van der Waals surface area contributed by atoms with Gasteiger partial charge in [-0.05, 0) is 43.6 Å². The highest BCUT2D eigenvalue weighted by molar-refractivity contribution is 5.91. The van der Waals surface area contributed by atoms with Gasteiger partial charge in [-0.3, -0.25) is 4.79 Å². The maximum atomic E-state index is 11.5. The van der Waals surface area contributed by atoms with Crippen LogP contribution < -0.4 is 0 Å². The van der Waals surface area contributed by atoms with Crippen molar-refractivity contribution in [3.05, 3.63) is 12.2 Å². The van der Waals surface area contributed by atoms with Gasteiger partial charge in [-0.25, -0.2) is 0 Å². The molecule has 0 radical (unpaired) electrons. The highest BCUT2D eigenvalue weighted by Crippen LogP contribution is 2.68. The van der Waals surface area contributed by atoms with Crippen LogP contribution in [0, 0.1) is 17.3 Å². The van der Waals surface area contributed by atoms with Crippen molar-refractivity contribution < 1.29 is 9.53 Å². The number of hydrogen-bond donors (Lipinski definition) is 0. The van der Waals surface area contributed by atoms with Crippen molar-refractivity contribution in [2.24, 2.45) is 17.3 Å². The molecule has 2 heterocycles. The fourth-order valence-corrected chi connectivity index (χ4v) is 4.72. The van der Waals surface area contributed by atoms with Crippen LogP contribution in [0.25, 0.3) is 0 Å². The molecule has 5 rings (SSSR count). The van der Waals surface area contributed by atoms with Crippen molar-refractivity contribution in [2.75, 3.05) is 0 Å². The maximum Gasteiger partial charge on any atom is 0.155 e. The van der Waals surface area contributed by atoms with Crippen LogP contribution in [0.2, 0.25) is 0 Å². The van der Waals surface area contributed by atoms with Crippen LogP contribution in [0.5, 0.6) is 0 Å². The molecule has 5 atom stereocenters. The van der Waals surface area contributed by atoms with Gasteiger partial charge in [-0.15, -0.1) is 0 Å². The summed E-state index contributed by atoms with van der Waals surface area (Å²) in [6, 6.07) is 0. The average molecular weight is 204 g/mol. The van der Waals surface area contributed by atoms with Gasteiger partial charge in [-0.2, -0.15) is 0 Å². The summed E-state index contributed by atoms with van der Waals surface area (Å²) in [5, 5.41) is 0. The third-order valence-corrected chi connectivity index (χ3v) is 5.32. The molecule has 4 fully saturated rings. The number of allylic oxidation sites excluding steroid dienone is 2. The quantitative estimate of drug-likeness (QED) is 0.604. The monoisotopic (exact) mass is 204 g/mol. The van der Waals surface area contributed by atoms with E-state index in [1.54, 1.807) is 0 Å². The first-order chi connectivity index (χ1) is 7.11. The minimum Gasteiger partial charge on any atom is -0.371 e.